The van der Waals surface area contributed by atoms with Crippen LogP contribution in [-0.4, -0.2) is 16.1 Å². The van der Waals surface area contributed by atoms with Crippen molar-refractivity contribution in [3.63, 3.8) is 0 Å². The van der Waals surface area contributed by atoms with E-state index < -0.39 is 23.2 Å². The van der Waals surface area contributed by atoms with Crippen molar-refractivity contribution >= 4 is 22.5 Å². The molecule has 0 aliphatic rings. The lowest BCUT2D eigenvalue weighted by Crippen LogP contribution is -2.24. The highest BCUT2D eigenvalue weighted by molar-refractivity contribution is 6.01. The predicted octanol–water partition coefficient (Wildman–Crippen LogP) is 2.26. The molecule has 1 amide bonds. The van der Waals surface area contributed by atoms with Crippen LogP contribution in [0.3, 0.4) is 0 Å². The Hall–Kier alpha value is -2.35. The number of nitrogens with zero attached hydrogens (tertiary/aromatic N) is 1. The van der Waals surface area contributed by atoms with Gasteiger partial charge in [0.15, 0.2) is 0 Å². The van der Waals surface area contributed by atoms with E-state index in [0.717, 1.165) is 12.3 Å². The zero-order chi connectivity index (χ0) is 15.1. The van der Waals surface area contributed by atoms with Crippen LogP contribution in [0.1, 0.15) is 21.5 Å². The van der Waals surface area contributed by atoms with E-state index in [-0.39, 0.29) is 16.6 Å². The Balaban J connectivity index is 2.94. The summed E-state index contributed by atoms with van der Waals surface area (Å²) in [5, 5.41) is 8.26. The summed E-state index contributed by atoms with van der Waals surface area (Å²) in [6.45, 7) is 1.57. The number of fused-ring (bicyclic) bond motifs is 1. The van der Waals surface area contributed by atoms with Gasteiger partial charge in [-0.2, -0.15) is 13.2 Å². The van der Waals surface area contributed by atoms with Gasteiger partial charge in [0.1, 0.15) is 0 Å². The van der Waals surface area contributed by atoms with E-state index in [1.165, 1.54) is 11.5 Å². The minimum absolute atomic E-state index is 0.0982. The number of benzene rings is 1. The Morgan fingerprint density at radius 2 is 2.05 bits per heavy atom. The standard InChI is InChI=1S/C12H10F3N3O2/c1-5-2-6(16)3-7-9(12(13,14)15)8(11(19)18-20)4-17-10(5)7/h2-4,20H,16H2,1H3,(H,18,19). The van der Waals surface area contributed by atoms with E-state index in [1.54, 1.807) is 6.92 Å². The normalized spacial score (nSPS) is 11.7. The molecular formula is C12H10F3N3O2. The number of anilines is 1. The highest BCUT2D eigenvalue weighted by atomic mass is 19.4. The van der Waals surface area contributed by atoms with Crippen LogP contribution in [0, 0.1) is 6.92 Å². The Labute approximate surface area is 111 Å². The number of nitrogens with one attached hydrogen (secondary N) is 1. The second kappa shape index (κ2) is 4.64. The first-order valence-electron chi connectivity index (χ1n) is 5.46. The summed E-state index contributed by atoms with van der Waals surface area (Å²) in [5.74, 6) is -1.29. The van der Waals surface area contributed by atoms with Crippen molar-refractivity contribution in [3.05, 3.63) is 35.0 Å². The van der Waals surface area contributed by atoms with Gasteiger partial charge in [-0.25, -0.2) is 5.48 Å². The molecule has 4 N–H and O–H groups in total. The van der Waals surface area contributed by atoms with Crippen molar-refractivity contribution in [1.29, 1.82) is 0 Å². The molecule has 0 aliphatic heterocycles. The number of carbonyl (C=O) groups is 1. The van der Waals surface area contributed by atoms with Gasteiger partial charge >= 0.3 is 6.18 Å². The molecule has 0 unspecified atom stereocenters. The Bertz CT molecular complexity index is 698. The molecule has 0 bridgehead atoms. The van der Waals surface area contributed by atoms with Crippen molar-refractivity contribution in [2.45, 2.75) is 13.1 Å². The summed E-state index contributed by atoms with van der Waals surface area (Å²) in [6, 6.07) is 2.59. The lowest BCUT2D eigenvalue weighted by Gasteiger charge is -2.15. The Kier molecular flexibility index (Phi) is 3.26. The molecule has 1 heterocycles. The number of amides is 1. The van der Waals surface area contributed by atoms with Gasteiger partial charge in [0.2, 0.25) is 0 Å². The zero-order valence-electron chi connectivity index (χ0n) is 10.2. The van der Waals surface area contributed by atoms with Crippen LogP contribution in [-0.2, 0) is 6.18 Å². The first kappa shape index (κ1) is 14.1. The number of aryl methyl sites for hydroxylation is 1. The summed E-state index contributed by atoms with van der Waals surface area (Å²) < 4.78 is 39.6. The number of carbonyl (C=O) groups excluding carboxylic acids is 1. The highest BCUT2D eigenvalue weighted by Gasteiger charge is 2.38. The number of hydrogen-bond acceptors (Lipinski definition) is 4. The molecule has 2 aromatic rings. The second-order valence-electron chi connectivity index (χ2n) is 4.22. The van der Waals surface area contributed by atoms with Gasteiger partial charge in [-0.3, -0.25) is 15.0 Å². The van der Waals surface area contributed by atoms with Gasteiger partial charge in [-0.15, -0.1) is 0 Å². The average Bonchev–Trinajstić information content (AvgIpc) is 2.34. The van der Waals surface area contributed by atoms with Gasteiger partial charge < -0.3 is 5.73 Å². The minimum Gasteiger partial charge on any atom is -0.399 e. The molecular weight excluding hydrogens is 275 g/mol. The van der Waals surface area contributed by atoms with Crippen molar-refractivity contribution in [2.24, 2.45) is 0 Å². The van der Waals surface area contributed by atoms with Crippen molar-refractivity contribution < 1.29 is 23.2 Å². The fourth-order valence-electron chi connectivity index (χ4n) is 2.05. The van der Waals surface area contributed by atoms with E-state index in [4.69, 9.17) is 10.9 Å². The first-order chi connectivity index (χ1) is 9.25. The number of aromatic nitrogens is 1. The van der Waals surface area contributed by atoms with Crippen molar-refractivity contribution in [3.8, 4) is 0 Å². The summed E-state index contributed by atoms with van der Waals surface area (Å²) in [6.07, 6.45) is -4.01. The van der Waals surface area contributed by atoms with E-state index in [0.29, 0.717) is 5.56 Å². The van der Waals surface area contributed by atoms with Crippen LogP contribution >= 0.6 is 0 Å². The van der Waals surface area contributed by atoms with E-state index >= 15 is 0 Å². The molecule has 1 aromatic carbocycles. The van der Waals surface area contributed by atoms with E-state index in [1.807, 2.05) is 0 Å². The second-order valence-corrected chi connectivity index (χ2v) is 4.22. The third kappa shape index (κ3) is 2.25. The Morgan fingerprint density at radius 3 is 2.60 bits per heavy atom. The monoisotopic (exact) mass is 285 g/mol. The quantitative estimate of drug-likeness (QED) is 0.426. The molecule has 20 heavy (non-hydrogen) atoms. The molecule has 0 atom stereocenters. The lowest BCUT2D eigenvalue weighted by atomic mass is 10.00. The maximum absolute atomic E-state index is 13.2. The molecule has 106 valence electrons. The number of alkyl halides is 3. The zero-order valence-corrected chi connectivity index (χ0v) is 10.2. The van der Waals surface area contributed by atoms with Crippen molar-refractivity contribution in [2.75, 3.05) is 5.73 Å². The van der Waals surface area contributed by atoms with Gasteiger partial charge in [0, 0.05) is 17.3 Å². The number of nitrogen functional groups attached to an aromatic ring is 1. The first-order valence-corrected chi connectivity index (χ1v) is 5.46. The summed E-state index contributed by atoms with van der Waals surface area (Å²) in [4.78, 5) is 15.2. The Morgan fingerprint density at radius 1 is 1.40 bits per heavy atom. The summed E-state index contributed by atoms with van der Waals surface area (Å²) in [5.41, 5.74) is 5.47. The molecule has 0 aliphatic carbocycles. The van der Waals surface area contributed by atoms with E-state index in [9.17, 15) is 18.0 Å². The predicted molar refractivity (Wildman–Crippen MR) is 65.1 cm³/mol. The third-order valence-corrected chi connectivity index (χ3v) is 2.81. The molecule has 8 heteroatoms. The molecule has 1 aromatic heterocycles. The smallest absolute Gasteiger partial charge is 0.399 e. The highest BCUT2D eigenvalue weighted by Crippen LogP contribution is 2.38. The van der Waals surface area contributed by atoms with Crippen LogP contribution in [0.5, 0.6) is 0 Å². The fourth-order valence-corrected chi connectivity index (χ4v) is 2.05. The van der Waals surface area contributed by atoms with Crippen LogP contribution in [0.2, 0.25) is 0 Å². The van der Waals surface area contributed by atoms with Gasteiger partial charge in [0.05, 0.1) is 16.6 Å². The lowest BCUT2D eigenvalue weighted by molar-refractivity contribution is -0.136. The molecule has 0 radical (unpaired) electrons. The number of hydroxylamine groups is 1. The fraction of sp³-hybridized carbons (Fsp3) is 0.167. The summed E-state index contributed by atoms with van der Waals surface area (Å²) >= 11 is 0. The number of halogens is 3. The minimum atomic E-state index is -4.79. The topological polar surface area (TPSA) is 88.2 Å². The van der Waals surface area contributed by atoms with Crippen LogP contribution in [0.25, 0.3) is 10.9 Å². The largest absolute Gasteiger partial charge is 0.417 e. The molecule has 0 spiro atoms. The van der Waals surface area contributed by atoms with E-state index in [2.05, 4.69) is 4.98 Å². The SMILES string of the molecule is Cc1cc(N)cc2c(C(F)(F)F)c(C(=O)NO)cnc12. The molecule has 0 fully saturated rings. The number of nitrogens with two attached hydrogens (primary N) is 1. The van der Waals surface area contributed by atoms with Gasteiger partial charge in [0.25, 0.3) is 5.91 Å². The van der Waals surface area contributed by atoms with Crippen LogP contribution in [0.4, 0.5) is 18.9 Å². The number of hydrogen-bond donors (Lipinski definition) is 3. The molecule has 0 saturated heterocycles. The maximum atomic E-state index is 13.2. The number of rotatable bonds is 1. The van der Waals surface area contributed by atoms with Crippen LogP contribution < -0.4 is 11.2 Å². The van der Waals surface area contributed by atoms with Gasteiger partial charge in [-0.1, -0.05) is 0 Å². The van der Waals surface area contributed by atoms with Gasteiger partial charge in [-0.05, 0) is 24.6 Å². The maximum Gasteiger partial charge on any atom is 0.417 e. The third-order valence-electron chi connectivity index (χ3n) is 2.81. The average molecular weight is 285 g/mol. The summed E-state index contributed by atoms with van der Waals surface area (Å²) in [7, 11) is 0. The van der Waals surface area contributed by atoms with Crippen LogP contribution in [0.15, 0.2) is 18.3 Å². The molecule has 5 nitrogen and oxygen atoms in total. The molecule has 2 rings (SSSR count). The van der Waals surface area contributed by atoms with Crippen molar-refractivity contribution in [1.82, 2.24) is 10.5 Å². The molecule has 0 saturated carbocycles. The number of pyridine rings is 1.